The van der Waals surface area contributed by atoms with E-state index >= 15 is 0 Å². The van der Waals surface area contributed by atoms with Crippen LogP contribution >= 0.6 is 11.6 Å². The average molecular weight is 467 g/mol. The van der Waals surface area contributed by atoms with Gasteiger partial charge in [-0.25, -0.2) is 15.0 Å². The summed E-state index contributed by atoms with van der Waals surface area (Å²) in [5.74, 6) is -0.0359. The minimum atomic E-state index is -4.68. The highest BCUT2D eigenvalue weighted by Gasteiger charge is 2.43. The largest absolute Gasteiger partial charge is 0.412 e. The predicted octanol–water partition coefficient (Wildman–Crippen LogP) is 6.00. The highest BCUT2D eigenvalue weighted by molar-refractivity contribution is 6.31. The maximum absolute atomic E-state index is 14.5. The van der Waals surface area contributed by atoms with Crippen molar-refractivity contribution < 1.29 is 13.2 Å². The van der Waals surface area contributed by atoms with E-state index < -0.39 is 12.2 Å². The summed E-state index contributed by atoms with van der Waals surface area (Å²) in [4.78, 5) is 20.8. The van der Waals surface area contributed by atoms with Crippen LogP contribution in [-0.2, 0) is 0 Å². The molecule has 0 aliphatic heterocycles. The molecule has 0 saturated carbocycles. The van der Waals surface area contributed by atoms with Gasteiger partial charge in [-0.3, -0.25) is 9.97 Å². The number of nitrogens with one attached hydrogen (secondary N) is 1. The van der Waals surface area contributed by atoms with Gasteiger partial charge in [0.15, 0.2) is 11.9 Å². The normalized spacial score (nSPS) is 12.7. The zero-order valence-corrected chi connectivity index (χ0v) is 17.5. The molecule has 1 aromatic carbocycles. The molecule has 0 fully saturated rings. The number of rotatable bonds is 4. The topological polar surface area (TPSA) is 76.5 Å². The Kier molecular flexibility index (Phi) is 5.26. The van der Waals surface area contributed by atoms with E-state index in [1.807, 2.05) is 0 Å². The van der Waals surface area contributed by atoms with Crippen molar-refractivity contribution in [2.24, 2.45) is 0 Å². The lowest BCUT2D eigenvalue weighted by molar-refractivity contribution is -0.143. The molecule has 4 heterocycles. The fourth-order valence-electron chi connectivity index (χ4n) is 3.59. The van der Waals surface area contributed by atoms with Gasteiger partial charge >= 0.3 is 6.18 Å². The highest BCUT2D eigenvalue weighted by Crippen LogP contribution is 2.41. The Hall–Kier alpha value is -3.85. The first-order valence-corrected chi connectivity index (χ1v) is 10.2. The molecule has 5 rings (SSSR count). The van der Waals surface area contributed by atoms with E-state index in [1.165, 1.54) is 24.8 Å². The Morgan fingerprint density at radius 2 is 1.76 bits per heavy atom. The molecular weight excluding hydrogens is 453 g/mol. The van der Waals surface area contributed by atoms with Crippen LogP contribution in [0.2, 0.25) is 5.02 Å². The van der Waals surface area contributed by atoms with Crippen molar-refractivity contribution in [1.82, 2.24) is 24.9 Å². The molecule has 10 heteroatoms. The van der Waals surface area contributed by atoms with Crippen LogP contribution in [0.5, 0.6) is 0 Å². The molecular formula is C23H14ClF3N6. The summed E-state index contributed by atoms with van der Waals surface area (Å²) in [7, 11) is 0. The fourth-order valence-corrected chi connectivity index (χ4v) is 3.77. The Bertz CT molecular complexity index is 1450. The molecule has 33 heavy (non-hydrogen) atoms. The number of benzene rings is 1. The van der Waals surface area contributed by atoms with Gasteiger partial charge in [-0.05, 0) is 48.5 Å². The van der Waals surface area contributed by atoms with Crippen molar-refractivity contribution in [1.29, 1.82) is 0 Å². The lowest BCUT2D eigenvalue weighted by atomic mass is 9.98. The Morgan fingerprint density at radius 1 is 0.909 bits per heavy atom. The second-order valence-corrected chi connectivity index (χ2v) is 7.65. The second kappa shape index (κ2) is 8.25. The number of pyridine rings is 3. The van der Waals surface area contributed by atoms with Crippen LogP contribution < -0.4 is 5.32 Å². The summed E-state index contributed by atoms with van der Waals surface area (Å²) in [6.45, 7) is 0. The molecule has 0 aliphatic rings. The van der Waals surface area contributed by atoms with Crippen molar-refractivity contribution in [3.05, 3.63) is 84.0 Å². The molecule has 0 saturated heterocycles. The van der Waals surface area contributed by atoms with Crippen LogP contribution in [0.4, 0.5) is 19.0 Å². The number of anilines is 1. The average Bonchev–Trinajstić information content (AvgIpc) is 2.81. The highest BCUT2D eigenvalue weighted by atomic mass is 35.5. The predicted molar refractivity (Wildman–Crippen MR) is 120 cm³/mol. The van der Waals surface area contributed by atoms with E-state index in [4.69, 9.17) is 11.6 Å². The molecule has 6 nitrogen and oxygen atoms in total. The number of fused-ring (bicyclic) bond motifs is 2. The molecule has 0 bridgehead atoms. The molecule has 0 aliphatic carbocycles. The molecule has 5 aromatic rings. The van der Waals surface area contributed by atoms with Crippen LogP contribution in [0.15, 0.2) is 73.4 Å². The van der Waals surface area contributed by atoms with Gasteiger partial charge in [0, 0.05) is 40.1 Å². The van der Waals surface area contributed by atoms with Crippen molar-refractivity contribution in [2.75, 3.05) is 5.32 Å². The maximum Gasteiger partial charge on any atom is 0.412 e. The third-order valence-corrected chi connectivity index (χ3v) is 5.29. The molecule has 1 atom stereocenters. The molecule has 164 valence electrons. The van der Waals surface area contributed by atoms with Gasteiger partial charge in [-0.15, -0.1) is 0 Å². The first kappa shape index (κ1) is 21.0. The number of aromatic nitrogens is 5. The summed E-state index contributed by atoms with van der Waals surface area (Å²) >= 11 is 6.09. The second-order valence-electron chi connectivity index (χ2n) is 7.22. The number of hydrogen-bond donors (Lipinski definition) is 1. The summed E-state index contributed by atoms with van der Waals surface area (Å²) in [6.07, 6.45) is 1.00. The first-order chi connectivity index (χ1) is 15.9. The number of alkyl halides is 3. The fraction of sp³-hybridized carbons (Fsp3) is 0.0870. The van der Waals surface area contributed by atoms with Gasteiger partial charge in [-0.1, -0.05) is 11.6 Å². The van der Waals surface area contributed by atoms with Gasteiger partial charge in [0.25, 0.3) is 0 Å². The summed E-state index contributed by atoms with van der Waals surface area (Å²) in [5.41, 5.74) is 1.68. The van der Waals surface area contributed by atoms with Crippen molar-refractivity contribution in [3.8, 4) is 11.3 Å². The Labute approximate surface area is 190 Å². The number of nitrogens with zero attached hydrogens (tertiary/aromatic N) is 5. The quantitative estimate of drug-likeness (QED) is 0.350. The Balaban J connectivity index is 1.74. The van der Waals surface area contributed by atoms with Crippen molar-refractivity contribution in [3.63, 3.8) is 0 Å². The monoisotopic (exact) mass is 466 g/mol. The molecule has 1 N–H and O–H groups in total. The molecule has 0 amide bonds. The minimum Gasteiger partial charge on any atom is -0.353 e. The molecule has 4 aromatic heterocycles. The van der Waals surface area contributed by atoms with Crippen LogP contribution in [0.3, 0.4) is 0 Å². The van der Waals surface area contributed by atoms with Gasteiger partial charge in [-0.2, -0.15) is 13.2 Å². The van der Waals surface area contributed by atoms with E-state index in [-0.39, 0.29) is 22.6 Å². The summed E-state index contributed by atoms with van der Waals surface area (Å²) in [6, 6.07) is 10.8. The maximum atomic E-state index is 14.5. The zero-order valence-electron chi connectivity index (χ0n) is 16.8. The SMILES string of the molecule is FC(F)(F)[C@@H](Nc1ncnc2cccnc12)c1cc2cc(Cl)ccc2nc1-c1cccnc1. The zero-order chi connectivity index (χ0) is 23.0. The van der Waals surface area contributed by atoms with Crippen molar-refractivity contribution in [2.45, 2.75) is 12.2 Å². The summed E-state index contributed by atoms with van der Waals surface area (Å²) < 4.78 is 43.4. The van der Waals surface area contributed by atoms with Crippen LogP contribution in [-0.4, -0.2) is 31.1 Å². The van der Waals surface area contributed by atoms with E-state index in [0.717, 1.165) is 0 Å². The van der Waals surface area contributed by atoms with Gasteiger partial charge in [0.05, 0.1) is 16.7 Å². The third kappa shape index (κ3) is 4.14. The molecule has 0 unspecified atom stereocenters. The Morgan fingerprint density at radius 3 is 2.55 bits per heavy atom. The first-order valence-electron chi connectivity index (χ1n) is 9.80. The third-order valence-electron chi connectivity index (χ3n) is 5.06. The van der Waals surface area contributed by atoms with E-state index in [9.17, 15) is 13.2 Å². The van der Waals surface area contributed by atoms with Gasteiger partial charge < -0.3 is 5.32 Å². The van der Waals surface area contributed by atoms with Crippen LogP contribution in [0.25, 0.3) is 33.2 Å². The molecule has 0 spiro atoms. The van der Waals surface area contributed by atoms with Crippen LogP contribution in [0, 0.1) is 0 Å². The smallest absolute Gasteiger partial charge is 0.353 e. The van der Waals surface area contributed by atoms with Crippen molar-refractivity contribution >= 4 is 39.4 Å². The number of hydrogen-bond acceptors (Lipinski definition) is 6. The van der Waals surface area contributed by atoms with E-state index in [2.05, 4.69) is 30.2 Å². The number of halogens is 4. The summed E-state index contributed by atoms with van der Waals surface area (Å²) in [5, 5.41) is 3.41. The molecule has 0 radical (unpaired) electrons. The van der Waals surface area contributed by atoms with Gasteiger partial charge in [0.2, 0.25) is 0 Å². The lowest BCUT2D eigenvalue weighted by Gasteiger charge is -2.25. The van der Waals surface area contributed by atoms with E-state index in [1.54, 1.807) is 48.7 Å². The van der Waals surface area contributed by atoms with Crippen LogP contribution in [0.1, 0.15) is 11.6 Å². The van der Waals surface area contributed by atoms with E-state index in [0.29, 0.717) is 27.0 Å². The van der Waals surface area contributed by atoms with Gasteiger partial charge in [0.1, 0.15) is 11.8 Å². The standard InChI is InChI=1S/C23H14ClF3N6/c24-15-5-6-17-14(9-15)10-16(19(32-17)13-3-1-7-28-11-13)21(23(25,26)27)33-22-20-18(30-12-31-22)4-2-8-29-20/h1-12,21H,(H,30,31,33)/t21-/m0/s1. The lowest BCUT2D eigenvalue weighted by Crippen LogP contribution is -2.29. The minimum absolute atomic E-state index is 0.0359.